The van der Waals surface area contributed by atoms with Gasteiger partial charge in [0.1, 0.15) is 5.39 Å². The highest BCUT2D eigenvalue weighted by molar-refractivity contribution is 5.71. The molecule has 0 atom stereocenters. The van der Waals surface area contributed by atoms with Crippen LogP contribution in [0.25, 0.3) is 11.1 Å². The van der Waals surface area contributed by atoms with Crippen molar-refractivity contribution in [3.8, 4) is 0 Å². The number of nitrogens with one attached hydrogen (secondary N) is 1. The molecule has 0 aromatic carbocycles. The van der Waals surface area contributed by atoms with Gasteiger partial charge in [0.25, 0.3) is 5.56 Å². The smallest absolute Gasteiger partial charge is 0.390 e. The number of rotatable bonds is 1. The first kappa shape index (κ1) is 9.64. The second-order valence-electron chi connectivity index (χ2n) is 3.59. The first-order chi connectivity index (χ1) is 7.08. The number of aromatic nitrogens is 2. The maximum Gasteiger partial charge on any atom is 0.420 e. The standard InChI is InChI=1S/C10H10N2O3/c1-5(2)7-4-3-6-8(13)12-10(14)15-9(6)11-7/h3-5H,1-2H3,(H,12,13,14). The summed E-state index contributed by atoms with van der Waals surface area (Å²) in [5.41, 5.74) is 0.412. The van der Waals surface area contributed by atoms with Crippen LogP contribution in [0.2, 0.25) is 0 Å². The Bertz CT molecular complexity index is 610. The van der Waals surface area contributed by atoms with E-state index in [1.165, 1.54) is 0 Å². The summed E-state index contributed by atoms with van der Waals surface area (Å²) in [7, 11) is 0. The molecular formula is C10H10N2O3. The van der Waals surface area contributed by atoms with Gasteiger partial charge in [-0.3, -0.25) is 9.78 Å². The van der Waals surface area contributed by atoms with Crippen molar-refractivity contribution in [1.82, 2.24) is 9.97 Å². The summed E-state index contributed by atoms with van der Waals surface area (Å²) >= 11 is 0. The third-order valence-corrected chi connectivity index (χ3v) is 2.12. The van der Waals surface area contributed by atoms with Crippen molar-refractivity contribution in [2.24, 2.45) is 0 Å². The van der Waals surface area contributed by atoms with Gasteiger partial charge >= 0.3 is 5.76 Å². The molecule has 78 valence electrons. The van der Waals surface area contributed by atoms with Gasteiger partial charge in [-0.15, -0.1) is 0 Å². The Labute approximate surface area is 84.8 Å². The number of H-pyrrole nitrogens is 1. The molecule has 5 heteroatoms. The zero-order valence-electron chi connectivity index (χ0n) is 8.40. The van der Waals surface area contributed by atoms with E-state index in [0.29, 0.717) is 5.39 Å². The van der Waals surface area contributed by atoms with Crippen molar-refractivity contribution in [2.75, 3.05) is 0 Å². The van der Waals surface area contributed by atoms with E-state index in [9.17, 15) is 9.59 Å². The molecule has 0 bridgehead atoms. The molecule has 0 aliphatic rings. The molecule has 1 N–H and O–H groups in total. The van der Waals surface area contributed by atoms with Crippen LogP contribution in [0.15, 0.2) is 26.1 Å². The summed E-state index contributed by atoms with van der Waals surface area (Å²) in [6.45, 7) is 3.94. The third-order valence-electron chi connectivity index (χ3n) is 2.12. The van der Waals surface area contributed by atoms with Gasteiger partial charge in [-0.05, 0) is 18.1 Å². The first-order valence-electron chi connectivity index (χ1n) is 4.62. The van der Waals surface area contributed by atoms with Gasteiger partial charge < -0.3 is 4.42 Å². The van der Waals surface area contributed by atoms with Crippen molar-refractivity contribution >= 4 is 11.1 Å². The molecule has 2 aromatic heterocycles. The Kier molecular flexibility index (Phi) is 2.15. The molecule has 0 amide bonds. The molecule has 0 fully saturated rings. The van der Waals surface area contributed by atoms with Gasteiger partial charge in [0.2, 0.25) is 5.71 Å². The van der Waals surface area contributed by atoms with Gasteiger partial charge in [0.05, 0.1) is 0 Å². The minimum Gasteiger partial charge on any atom is -0.390 e. The number of hydrogen-bond donors (Lipinski definition) is 1. The highest BCUT2D eigenvalue weighted by Gasteiger charge is 2.07. The number of aromatic amines is 1. The summed E-state index contributed by atoms with van der Waals surface area (Å²) < 4.78 is 4.81. The van der Waals surface area contributed by atoms with Gasteiger partial charge in [-0.2, -0.15) is 0 Å². The summed E-state index contributed by atoms with van der Waals surface area (Å²) in [4.78, 5) is 28.4. The predicted octanol–water partition coefficient (Wildman–Crippen LogP) is 1.000. The minimum atomic E-state index is -0.777. The zero-order chi connectivity index (χ0) is 11.0. The Balaban J connectivity index is 2.82. The van der Waals surface area contributed by atoms with Crippen molar-refractivity contribution in [2.45, 2.75) is 19.8 Å². The molecule has 0 radical (unpaired) electrons. The Morgan fingerprint density at radius 1 is 1.33 bits per heavy atom. The summed E-state index contributed by atoms with van der Waals surface area (Å²) in [6, 6.07) is 3.36. The molecule has 0 unspecified atom stereocenters. The number of pyridine rings is 1. The fraction of sp³-hybridized carbons (Fsp3) is 0.300. The average molecular weight is 206 g/mol. The lowest BCUT2D eigenvalue weighted by Crippen LogP contribution is -2.18. The second-order valence-corrected chi connectivity index (χ2v) is 3.59. The SMILES string of the molecule is CC(C)c1ccc2c(=O)[nH]c(=O)oc2n1. The molecule has 0 aliphatic heterocycles. The van der Waals surface area contributed by atoms with E-state index >= 15 is 0 Å². The van der Waals surface area contributed by atoms with Crippen LogP contribution in [0.5, 0.6) is 0 Å². The molecule has 5 nitrogen and oxygen atoms in total. The van der Waals surface area contributed by atoms with Crippen molar-refractivity contribution in [3.05, 3.63) is 38.7 Å². The van der Waals surface area contributed by atoms with Gasteiger partial charge in [0, 0.05) is 5.69 Å². The highest BCUT2D eigenvalue weighted by Crippen LogP contribution is 2.13. The van der Waals surface area contributed by atoms with Crippen LogP contribution in [0.1, 0.15) is 25.5 Å². The average Bonchev–Trinajstić information content (AvgIpc) is 2.16. The lowest BCUT2D eigenvalue weighted by molar-refractivity contribution is 0.515. The first-order valence-corrected chi connectivity index (χ1v) is 4.62. The molecular weight excluding hydrogens is 196 g/mol. The summed E-state index contributed by atoms with van der Waals surface area (Å²) in [5.74, 6) is -0.556. The zero-order valence-corrected chi connectivity index (χ0v) is 8.40. The predicted molar refractivity (Wildman–Crippen MR) is 55.0 cm³/mol. The monoisotopic (exact) mass is 206 g/mol. The number of fused-ring (bicyclic) bond motifs is 1. The third kappa shape index (κ3) is 1.68. The van der Waals surface area contributed by atoms with Crippen LogP contribution in [0.3, 0.4) is 0 Å². The Hall–Kier alpha value is -1.91. The number of hydrogen-bond acceptors (Lipinski definition) is 4. The van der Waals surface area contributed by atoms with Crippen LogP contribution >= 0.6 is 0 Å². The van der Waals surface area contributed by atoms with Crippen molar-refractivity contribution < 1.29 is 4.42 Å². The van der Waals surface area contributed by atoms with Crippen LogP contribution in [0.4, 0.5) is 0 Å². The van der Waals surface area contributed by atoms with Crippen molar-refractivity contribution in [3.63, 3.8) is 0 Å². The van der Waals surface area contributed by atoms with Crippen LogP contribution < -0.4 is 11.3 Å². The molecule has 0 saturated heterocycles. The van der Waals surface area contributed by atoms with Gasteiger partial charge in [-0.25, -0.2) is 9.78 Å². The highest BCUT2D eigenvalue weighted by atomic mass is 16.4. The molecule has 2 aromatic rings. The molecule has 2 heterocycles. The fourth-order valence-electron chi connectivity index (χ4n) is 1.30. The molecule has 0 spiro atoms. The Morgan fingerprint density at radius 3 is 2.73 bits per heavy atom. The number of nitrogens with zero attached hydrogens (tertiary/aromatic N) is 1. The Morgan fingerprint density at radius 2 is 2.07 bits per heavy atom. The van der Waals surface area contributed by atoms with Crippen LogP contribution in [0, 0.1) is 0 Å². The van der Waals surface area contributed by atoms with Crippen molar-refractivity contribution in [1.29, 1.82) is 0 Å². The summed E-state index contributed by atoms with van der Waals surface area (Å²) in [6.07, 6.45) is 0. The molecule has 2 rings (SSSR count). The van der Waals surface area contributed by atoms with E-state index < -0.39 is 11.3 Å². The molecule has 0 aliphatic carbocycles. The lowest BCUT2D eigenvalue weighted by Gasteiger charge is -2.03. The maximum absolute atomic E-state index is 11.3. The molecule has 15 heavy (non-hydrogen) atoms. The van der Waals surface area contributed by atoms with E-state index in [0.717, 1.165) is 5.69 Å². The summed E-state index contributed by atoms with van der Waals surface area (Å²) in [5, 5.41) is 0.291. The largest absolute Gasteiger partial charge is 0.420 e. The minimum absolute atomic E-state index is 0.0925. The van der Waals surface area contributed by atoms with Crippen LogP contribution in [-0.2, 0) is 0 Å². The lowest BCUT2D eigenvalue weighted by atomic mass is 10.1. The quantitative estimate of drug-likeness (QED) is 0.755. The van der Waals surface area contributed by atoms with Gasteiger partial charge in [0.15, 0.2) is 0 Å². The van der Waals surface area contributed by atoms with E-state index in [1.807, 2.05) is 18.8 Å². The maximum atomic E-state index is 11.3. The van der Waals surface area contributed by atoms with E-state index in [4.69, 9.17) is 4.42 Å². The van der Waals surface area contributed by atoms with E-state index in [-0.39, 0.29) is 11.6 Å². The van der Waals surface area contributed by atoms with E-state index in [2.05, 4.69) is 4.98 Å². The fourth-order valence-corrected chi connectivity index (χ4v) is 1.30. The second kappa shape index (κ2) is 3.34. The van der Waals surface area contributed by atoms with Gasteiger partial charge in [-0.1, -0.05) is 13.8 Å². The van der Waals surface area contributed by atoms with Crippen LogP contribution in [-0.4, -0.2) is 9.97 Å². The molecule has 0 saturated carbocycles. The van der Waals surface area contributed by atoms with E-state index in [1.54, 1.807) is 12.1 Å². The normalized spacial score (nSPS) is 11.1. The topological polar surface area (TPSA) is 76.0 Å².